The fourth-order valence-corrected chi connectivity index (χ4v) is 2.68. The minimum Gasteiger partial charge on any atom is -0.480 e. The molecule has 1 aliphatic carbocycles. The van der Waals surface area contributed by atoms with Crippen LogP contribution in [0.3, 0.4) is 0 Å². The molecule has 1 aromatic rings. The lowest BCUT2D eigenvalue weighted by Gasteiger charge is -2.42. The van der Waals surface area contributed by atoms with Gasteiger partial charge in [-0.25, -0.2) is 0 Å². The minimum atomic E-state index is -0.813. The van der Waals surface area contributed by atoms with Gasteiger partial charge in [0.05, 0.1) is 6.54 Å². The zero-order chi connectivity index (χ0) is 16.3. The van der Waals surface area contributed by atoms with Crippen LogP contribution in [0.25, 0.3) is 0 Å². The number of carbonyl (C=O) groups excluding carboxylic acids is 1. The Morgan fingerprint density at radius 2 is 2.18 bits per heavy atom. The number of H-pyrrole nitrogens is 1. The topological polar surface area (TPSA) is 98.3 Å². The quantitative estimate of drug-likeness (QED) is 0.703. The molecule has 0 spiro atoms. The molecular weight excluding hydrogens is 284 g/mol. The summed E-state index contributed by atoms with van der Waals surface area (Å²) in [7, 11) is 0. The van der Waals surface area contributed by atoms with Crippen LogP contribution in [0, 0.1) is 0 Å². The zero-order valence-electron chi connectivity index (χ0n) is 13.3. The molecule has 7 heteroatoms. The van der Waals surface area contributed by atoms with Crippen molar-refractivity contribution >= 4 is 11.9 Å². The van der Waals surface area contributed by atoms with Crippen LogP contribution >= 0.6 is 0 Å². The molecule has 122 valence electrons. The van der Waals surface area contributed by atoms with Crippen molar-refractivity contribution < 1.29 is 14.7 Å². The molecule has 1 saturated carbocycles. The van der Waals surface area contributed by atoms with Gasteiger partial charge in [-0.2, -0.15) is 5.10 Å². The third kappa shape index (κ3) is 3.85. The van der Waals surface area contributed by atoms with Crippen molar-refractivity contribution in [2.45, 2.75) is 51.6 Å². The zero-order valence-corrected chi connectivity index (χ0v) is 13.3. The van der Waals surface area contributed by atoms with E-state index in [1.165, 1.54) is 0 Å². The number of likely N-dealkylation sites (N-methyl/N-ethyl adjacent to an activating group) is 1. The van der Waals surface area contributed by atoms with Crippen molar-refractivity contribution in [3.8, 4) is 0 Å². The maximum atomic E-state index is 12.1. The summed E-state index contributed by atoms with van der Waals surface area (Å²) in [6, 6.07) is 2.11. The first-order valence-corrected chi connectivity index (χ1v) is 7.72. The molecular formula is C15H24N4O3. The molecule has 3 N–H and O–H groups in total. The predicted octanol–water partition coefficient (Wildman–Crippen LogP) is 1.20. The van der Waals surface area contributed by atoms with Crippen LogP contribution in [-0.4, -0.2) is 57.3 Å². The first-order chi connectivity index (χ1) is 10.4. The number of aliphatic carboxylic acids is 1. The lowest BCUT2D eigenvalue weighted by atomic mass is 9.85. The van der Waals surface area contributed by atoms with Gasteiger partial charge in [-0.1, -0.05) is 20.8 Å². The van der Waals surface area contributed by atoms with E-state index < -0.39 is 5.97 Å². The molecule has 0 saturated heterocycles. The van der Waals surface area contributed by atoms with Crippen LogP contribution in [0.5, 0.6) is 0 Å². The van der Waals surface area contributed by atoms with E-state index in [9.17, 15) is 9.59 Å². The Hall–Kier alpha value is -1.89. The minimum absolute atomic E-state index is 0.0545. The highest BCUT2D eigenvalue weighted by molar-refractivity contribution is 5.92. The van der Waals surface area contributed by atoms with Crippen molar-refractivity contribution in [3.63, 3.8) is 0 Å². The number of carbonyl (C=O) groups is 2. The standard InChI is InChI=1S/C15H24N4O3/c1-4-19(8-14(20)21)11-5-10(6-11)16-15(22)13-7-12(9(2)3)17-18-13/h7,9-11H,4-6,8H2,1-3H3,(H,16,22)(H,17,18)(H,20,21). The fraction of sp³-hybridized carbons (Fsp3) is 0.667. The van der Waals surface area contributed by atoms with E-state index in [0.717, 1.165) is 18.5 Å². The number of carboxylic acids is 1. The summed E-state index contributed by atoms with van der Waals surface area (Å²) in [5, 5.41) is 18.7. The molecule has 1 amide bonds. The summed E-state index contributed by atoms with van der Waals surface area (Å²) >= 11 is 0. The summed E-state index contributed by atoms with van der Waals surface area (Å²) in [6.45, 7) is 6.78. The van der Waals surface area contributed by atoms with Gasteiger partial charge in [0, 0.05) is 17.8 Å². The SMILES string of the molecule is CCN(CC(=O)O)C1CC(NC(=O)c2cc(C(C)C)[nH]n2)C1. The molecule has 2 rings (SSSR count). The van der Waals surface area contributed by atoms with Gasteiger partial charge < -0.3 is 10.4 Å². The molecule has 1 fully saturated rings. The highest BCUT2D eigenvalue weighted by Gasteiger charge is 2.35. The largest absolute Gasteiger partial charge is 0.480 e. The maximum Gasteiger partial charge on any atom is 0.317 e. The lowest BCUT2D eigenvalue weighted by Crippen LogP contribution is -2.54. The molecule has 0 atom stereocenters. The van der Waals surface area contributed by atoms with E-state index in [4.69, 9.17) is 5.11 Å². The Balaban J connectivity index is 1.81. The van der Waals surface area contributed by atoms with E-state index in [1.807, 2.05) is 25.7 Å². The summed E-state index contributed by atoms with van der Waals surface area (Å²) in [6.07, 6.45) is 1.57. The van der Waals surface area contributed by atoms with Crippen molar-refractivity contribution in [3.05, 3.63) is 17.5 Å². The first-order valence-electron chi connectivity index (χ1n) is 7.72. The number of hydrogen-bond acceptors (Lipinski definition) is 4. The molecule has 1 aromatic heterocycles. The second-order valence-corrected chi connectivity index (χ2v) is 6.12. The molecule has 0 aromatic carbocycles. The highest BCUT2D eigenvalue weighted by Crippen LogP contribution is 2.25. The number of carboxylic acid groups (broad SMARTS) is 1. The first kappa shape index (κ1) is 16.5. The number of rotatable bonds is 7. The Morgan fingerprint density at radius 3 is 2.68 bits per heavy atom. The monoisotopic (exact) mass is 308 g/mol. The molecule has 1 aliphatic rings. The Labute approximate surface area is 130 Å². The van der Waals surface area contributed by atoms with E-state index in [1.54, 1.807) is 6.07 Å². The van der Waals surface area contributed by atoms with Gasteiger partial charge in [-0.3, -0.25) is 19.6 Å². The molecule has 7 nitrogen and oxygen atoms in total. The van der Waals surface area contributed by atoms with Gasteiger partial charge in [0.2, 0.25) is 0 Å². The van der Waals surface area contributed by atoms with Gasteiger partial charge in [-0.05, 0) is 31.4 Å². The van der Waals surface area contributed by atoms with E-state index in [0.29, 0.717) is 18.2 Å². The molecule has 0 bridgehead atoms. The number of aromatic amines is 1. The molecule has 22 heavy (non-hydrogen) atoms. The van der Waals surface area contributed by atoms with Crippen LogP contribution < -0.4 is 5.32 Å². The third-order valence-corrected chi connectivity index (χ3v) is 4.16. The fourth-order valence-electron chi connectivity index (χ4n) is 2.68. The van der Waals surface area contributed by atoms with Gasteiger partial charge >= 0.3 is 5.97 Å². The maximum absolute atomic E-state index is 12.1. The number of aromatic nitrogens is 2. The second kappa shape index (κ2) is 6.91. The van der Waals surface area contributed by atoms with Gasteiger partial charge in [0.25, 0.3) is 5.91 Å². The van der Waals surface area contributed by atoms with Gasteiger partial charge in [0.15, 0.2) is 0 Å². The van der Waals surface area contributed by atoms with E-state index in [-0.39, 0.29) is 24.5 Å². The Kier molecular flexibility index (Phi) is 5.18. The molecule has 1 heterocycles. The number of nitrogens with one attached hydrogen (secondary N) is 2. The predicted molar refractivity (Wildman–Crippen MR) is 81.8 cm³/mol. The van der Waals surface area contributed by atoms with Crippen molar-refractivity contribution in [2.24, 2.45) is 0 Å². The highest BCUT2D eigenvalue weighted by atomic mass is 16.4. The van der Waals surface area contributed by atoms with Crippen molar-refractivity contribution in [2.75, 3.05) is 13.1 Å². The Morgan fingerprint density at radius 1 is 1.50 bits per heavy atom. The molecule has 0 radical (unpaired) electrons. The van der Waals surface area contributed by atoms with Crippen molar-refractivity contribution in [1.82, 2.24) is 20.4 Å². The van der Waals surface area contributed by atoms with E-state index >= 15 is 0 Å². The normalized spacial score (nSPS) is 21.0. The summed E-state index contributed by atoms with van der Waals surface area (Å²) in [4.78, 5) is 24.8. The third-order valence-electron chi connectivity index (χ3n) is 4.16. The lowest BCUT2D eigenvalue weighted by molar-refractivity contribution is -0.139. The molecule has 0 unspecified atom stereocenters. The smallest absolute Gasteiger partial charge is 0.317 e. The summed E-state index contributed by atoms with van der Waals surface area (Å²) in [5.41, 5.74) is 1.35. The summed E-state index contributed by atoms with van der Waals surface area (Å²) in [5.74, 6) is -0.684. The van der Waals surface area contributed by atoms with Crippen LogP contribution in [0.2, 0.25) is 0 Å². The number of nitrogens with zero attached hydrogens (tertiary/aromatic N) is 2. The Bertz CT molecular complexity index is 535. The average molecular weight is 308 g/mol. The van der Waals surface area contributed by atoms with Gasteiger partial charge in [-0.15, -0.1) is 0 Å². The number of amides is 1. The van der Waals surface area contributed by atoms with E-state index in [2.05, 4.69) is 15.5 Å². The van der Waals surface area contributed by atoms with Crippen LogP contribution in [0.4, 0.5) is 0 Å². The van der Waals surface area contributed by atoms with Crippen LogP contribution in [-0.2, 0) is 4.79 Å². The van der Waals surface area contributed by atoms with Crippen LogP contribution in [0.1, 0.15) is 55.7 Å². The molecule has 0 aliphatic heterocycles. The second-order valence-electron chi connectivity index (χ2n) is 6.12. The average Bonchev–Trinajstić information content (AvgIpc) is 2.89. The van der Waals surface area contributed by atoms with Crippen molar-refractivity contribution in [1.29, 1.82) is 0 Å². The van der Waals surface area contributed by atoms with Crippen LogP contribution in [0.15, 0.2) is 6.07 Å². The summed E-state index contributed by atoms with van der Waals surface area (Å²) < 4.78 is 0. The van der Waals surface area contributed by atoms with Gasteiger partial charge in [0.1, 0.15) is 5.69 Å². The number of hydrogen-bond donors (Lipinski definition) is 3.